The quantitative estimate of drug-likeness (QED) is 0.753. The van der Waals surface area contributed by atoms with Gasteiger partial charge in [-0.25, -0.2) is 0 Å². The third kappa shape index (κ3) is 1.83. The lowest BCUT2D eigenvalue weighted by Crippen LogP contribution is -1.88. The second kappa shape index (κ2) is 4.07. The van der Waals surface area contributed by atoms with E-state index in [2.05, 4.69) is 36.4 Å². The van der Waals surface area contributed by atoms with Gasteiger partial charge in [-0.1, -0.05) is 48.5 Å². The molecule has 0 aromatic heterocycles. The van der Waals surface area contributed by atoms with E-state index in [4.69, 9.17) is 5.26 Å². The summed E-state index contributed by atoms with van der Waals surface area (Å²) >= 11 is 0. The van der Waals surface area contributed by atoms with Crippen LogP contribution in [0.3, 0.4) is 0 Å². The lowest BCUT2D eigenvalue weighted by molar-refractivity contribution is 1.02. The Labute approximate surface area is 101 Å². The molecule has 0 saturated heterocycles. The van der Waals surface area contributed by atoms with E-state index in [0.29, 0.717) is 11.8 Å². The Morgan fingerprint density at radius 2 is 1.59 bits per heavy atom. The van der Waals surface area contributed by atoms with Crippen LogP contribution in [0.1, 0.15) is 34.9 Å². The molecular formula is C16H13N. The topological polar surface area (TPSA) is 23.8 Å². The van der Waals surface area contributed by atoms with Crippen LogP contribution in [0, 0.1) is 11.3 Å². The zero-order valence-electron chi connectivity index (χ0n) is 9.51. The van der Waals surface area contributed by atoms with E-state index in [1.807, 2.05) is 24.3 Å². The van der Waals surface area contributed by atoms with Crippen molar-refractivity contribution >= 4 is 0 Å². The molecule has 2 aromatic carbocycles. The number of nitrogens with zero attached hydrogens (tertiary/aromatic N) is 1. The molecule has 2 aromatic rings. The fourth-order valence-corrected chi connectivity index (χ4v) is 2.53. The van der Waals surface area contributed by atoms with E-state index in [-0.39, 0.29) is 0 Å². The Balaban J connectivity index is 1.88. The van der Waals surface area contributed by atoms with Crippen LogP contribution >= 0.6 is 0 Å². The first-order valence-electron chi connectivity index (χ1n) is 5.94. The molecule has 1 nitrogen and oxygen atoms in total. The van der Waals surface area contributed by atoms with Crippen LogP contribution in [0.2, 0.25) is 0 Å². The molecule has 0 aliphatic heterocycles. The van der Waals surface area contributed by atoms with Crippen LogP contribution in [0.15, 0.2) is 54.6 Å². The van der Waals surface area contributed by atoms with E-state index < -0.39 is 0 Å². The summed E-state index contributed by atoms with van der Waals surface area (Å²) in [4.78, 5) is 0. The number of hydrogen-bond donors (Lipinski definition) is 0. The zero-order valence-corrected chi connectivity index (χ0v) is 9.51. The van der Waals surface area contributed by atoms with Crippen LogP contribution in [0.25, 0.3) is 0 Å². The average molecular weight is 219 g/mol. The summed E-state index contributed by atoms with van der Waals surface area (Å²) in [7, 11) is 0. The normalized spacial score (nSPS) is 21.8. The molecule has 0 unspecified atom stereocenters. The molecule has 1 aliphatic rings. The highest BCUT2D eigenvalue weighted by Crippen LogP contribution is 2.55. The van der Waals surface area contributed by atoms with Crippen molar-refractivity contribution in [1.82, 2.24) is 0 Å². The molecule has 2 atom stereocenters. The fraction of sp³-hybridized carbons (Fsp3) is 0.188. The summed E-state index contributed by atoms with van der Waals surface area (Å²) in [5.74, 6) is 1.14. The van der Waals surface area contributed by atoms with Crippen LogP contribution in [-0.4, -0.2) is 0 Å². The first kappa shape index (κ1) is 10.1. The summed E-state index contributed by atoms with van der Waals surface area (Å²) in [5.41, 5.74) is 3.44. The molecule has 17 heavy (non-hydrogen) atoms. The molecule has 0 amide bonds. The van der Waals surface area contributed by atoms with Crippen molar-refractivity contribution < 1.29 is 0 Å². The van der Waals surface area contributed by atoms with Gasteiger partial charge in [0.15, 0.2) is 0 Å². The molecule has 1 heteroatoms. The predicted molar refractivity (Wildman–Crippen MR) is 67.7 cm³/mol. The molecule has 0 spiro atoms. The first-order chi connectivity index (χ1) is 8.40. The van der Waals surface area contributed by atoms with Gasteiger partial charge in [0.1, 0.15) is 0 Å². The van der Waals surface area contributed by atoms with Gasteiger partial charge in [-0.2, -0.15) is 5.26 Å². The summed E-state index contributed by atoms with van der Waals surface area (Å²) in [6.07, 6.45) is 1.17. The highest BCUT2D eigenvalue weighted by molar-refractivity contribution is 5.45. The third-order valence-corrected chi connectivity index (χ3v) is 3.50. The second-order valence-electron chi connectivity index (χ2n) is 4.56. The molecule has 1 fully saturated rings. The minimum Gasteiger partial charge on any atom is -0.192 e. The van der Waals surface area contributed by atoms with Crippen LogP contribution in [0.4, 0.5) is 0 Å². The lowest BCUT2D eigenvalue weighted by Gasteiger charge is -2.03. The predicted octanol–water partition coefficient (Wildman–Crippen LogP) is 3.83. The highest BCUT2D eigenvalue weighted by Gasteiger charge is 2.40. The summed E-state index contributed by atoms with van der Waals surface area (Å²) in [6, 6.07) is 20.8. The van der Waals surface area contributed by atoms with Crippen LogP contribution in [0.5, 0.6) is 0 Å². The Morgan fingerprint density at radius 1 is 0.882 bits per heavy atom. The maximum Gasteiger partial charge on any atom is 0.0994 e. The van der Waals surface area contributed by atoms with Gasteiger partial charge in [-0.05, 0) is 35.4 Å². The molecule has 82 valence electrons. The Kier molecular flexibility index (Phi) is 2.42. The van der Waals surface area contributed by atoms with E-state index in [1.165, 1.54) is 17.5 Å². The van der Waals surface area contributed by atoms with Crippen molar-refractivity contribution in [3.63, 3.8) is 0 Å². The summed E-state index contributed by atoms with van der Waals surface area (Å²) in [5, 5.41) is 9.10. The largest absolute Gasteiger partial charge is 0.192 e. The van der Waals surface area contributed by atoms with Gasteiger partial charge in [0.25, 0.3) is 0 Å². The standard InChI is InChI=1S/C16H13N/c17-11-13-8-4-5-9-14(13)16-10-15(16)12-6-2-1-3-7-12/h1-9,15-16H,10H2/t15-,16-/m1/s1. The monoisotopic (exact) mass is 219 g/mol. The molecule has 1 saturated carbocycles. The molecular weight excluding hydrogens is 206 g/mol. The smallest absolute Gasteiger partial charge is 0.0994 e. The fourth-order valence-electron chi connectivity index (χ4n) is 2.53. The molecule has 3 rings (SSSR count). The highest BCUT2D eigenvalue weighted by atomic mass is 14.4. The summed E-state index contributed by atoms with van der Waals surface area (Å²) < 4.78 is 0. The molecule has 1 aliphatic carbocycles. The van der Waals surface area contributed by atoms with E-state index in [9.17, 15) is 0 Å². The number of benzene rings is 2. The van der Waals surface area contributed by atoms with Crippen LogP contribution in [-0.2, 0) is 0 Å². The van der Waals surface area contributed by atoms with Gasteiger partial charge < -0.3 is 0 Å². The van der Waals surface area contributed by atoms with E-state index >= 15 is 0 Å². The van der Waals surface area contributed by atoms with E-state index in [1.54, 1.807) is 0 Å². The Hall–Kier alpha value is -2.07. The average Bonchev–Trinajstić information content (AvgIpc) is 3.20. The molecule has 0 N–H and O–H groups in total. The first-order valence-corrected chi connectivity index (χ1v) is 5.94. The minimum atomic E-state index is 0.535. The summed E-state index contributed by atoms with van der Waals surface area (Å²) in [6.45, 7) is 0. The number of hydrogen-bond acceptors (Lipinski definition) is 1. The van der Waals surface area contributed by atoms with Crippen molar-refractivity contribution in [3.05, 3.63) is 71.3 Å². The minimum absolute atomic E-state index is 0.535. The maximum atomic E-state index is 9.10. The van der Waals surface area contributed by atoms with Gasteiger partial charge >= 0.3 is 0 Å². The molecule has 0 radical (unpaired) electrons. The SMILES string of the molecule is N#Cc1ccccc1[C@H]1C[C@@H]1c1ccccc1. The van der Waals surface area contributed by atoms with Gasteiger partial charge in [-0.3, -0.25) is 0 Å². The van der Waals surface area contributed by atoms with E-state index in [0.717, 1.165) is 5.56 Å². The zero-order chi connectivity index (χ0) is 11.7. The van der Waals surface area contributed by atoms with Gasteiger partial charge in [0, 0.05) is 0 Å². The van der Waals surface area contributed by atoms with Gasteiger partial charge in [0.2, 0.25) is 0 Å². The molecule has 0 bridgehead atoms. The third-order valence-electron chi connectivity index (χ3n) is 3.50. The Morgan fingerprint density at radius 3 is 2.35 bits per heavy atom. The van der Waals surface area contributed by atoms with Crippen LogP contribution < -0.4 is 0 Å². The molecule has 0 heterocycles. The second-order valence-corrected chi connectivity index (χ2v) is 4.56. The van der Waals surface area contributed by atoms with Crippen molar-refractivity contribution in [2.75, 3.05) is 0 Å². The van der Waals surface area contributed by atoms with Gasteiger partial charge in [-0.15, -0.1) is 0 Å². The van der Waals surface area contributed by atoms with Crippen molar-refractivity contribution in [2.24, 2.45) is 0 Å². The van der Waals surface area contributed by atoms with Crippen molar-refractivity contribution in [2.45, 2.75) is 18.3 Å². The number of rotatable bonds is 2. The maximum absolute atomic E-state index is 9.10. The Bertz CT molecular complexity index is 566. The van der Waals surface area contributed by atoms with Crippen molar-refractivity contribution in [3.8, 4) is 6.07 Å². The lowest BCUT2D eigenvalue weighted by atomic mass is 10.0. The number of nitriles is 1. The van der Waals surface area contributed by atoms with Gasteiger partial charge in [0.05, 0.1) is 11.6 Å². The van der Waals surface area contributed by atoms with Crippen molar-refractivity contribution in [1.29, 1.82) is 5.26 Å².